The summed E-state index contributed by atoms with van der Waals surface area (Å²) >= 11 is 5.90. The van der Waals surface area contributed by atoms with E-state index in [0.717, 1.165) is 6.07 Å². The Morgan fingerprint density at radius 3 is 2.58 bits per heavy atom. The lowest BCUT2D eigenvalue weighted by Crippen LogP contribution is -2.24. The van der Waals surface area contributed by atoms with Crippen LogP contribution < -0.4 is 10.7 Å². The van der Waals surface area contributed by atoms with Gasteiger partial charge in [-0.25, -0.2) is 5.43 Å². The van der Waals surface area contributed by atoms with Crippen molar-refractivity contribution in [1.29, 1.82) is 0 Å². The summed E-state index contributed by atoms with van der Waals surface area (Å²) in [5.74, 6) is -1.45. The Bertz CT molecular complexity index is 793. The minimum absolute atomic E-state index is 0.0927. The summed E-state index contributed by atoms with van der Waals surface area (Å²) in [5.41, 5.74) is 2.88. The molecule has 0 aliphatic heterocycles. The molecule has 0 saturated carbocycles. The molecule has 0 unspecified atom stereocenters. The third kappa shape index (κ3) is 4.99. The molecular weight excluding hydrogens is 334 g/mol. The van der Waals surface area contributed by atoms with Gasteiger partial charge in [-0.05, 0) is 24.3 Å². The van der Waals surface area contributed by atoms with Crippen molar-refractivity contribution in [3.63, 3.8) is 0 Å². The van der Waals surface area contributed by atoms with Crippen LogP contribution in [-0.2, 0) is 9.59 Å². The molecule has 124 valence electrons. The molecule has 2 aromatic carbocycles. The van der Waals surface area contributed by atoms with Crippen LogP contribution in [0.4, 0.5) is 5.69 Å². The van der Waals surface area contributed by atoms with Crippen molar-refractivity contribution in [2.45, 2.75) is 6.42 Å². The van der Waals surface area contributed by atoms with E-state index in [9.17, 15) is 14.7 Å². The Morgan fingerprint density at radius 2 is 1.88 bits per heavy atom. The highest BCUT2D eigenvalue weighted by molar-refractivity contribution is 6.33. The number of nitrogens with one attached hydrogen (secondary N) is 2. The van der Waals surface area contributed by atoms with Crippen molar-refractivity contribution in [2.75, 3.05) is 5.32 Å². The number of phenols is 2. The second-order valence-electron chi connectivity index (χ2n) is 4.74. The average Bonchev–Trinajstić information content (AvgIpc) is 2.51. The van der Waals surface area contributed by atoms with Crippen LogP contribution in [0.25, 0.3) is 0 Å². The number of rotatable bonds is 5. The Kier molecular flexibility index (Phi) is 5.75. The Labute approximate surface area is 142 Å². The van der Waals surface area contributed by atoms with E-state index in [2.05, 4.69) is 15.8 Å². The fraction of sp³-hybridized carbons (Fsp3) is 0.0625. The van der Waals surface area contributed by atoms with Crippen LogP contribution >= 0.6 is 11.6 Å². The fourth-order valence-electron chi connectivity index (χ4n) is 1.76. The highest BCUT2D eigenvalue weighted by atomic mass is 35.5. The fourth-order valence-corrected chi connectivity index (χ4v) is 1.94. The van der Waals surface area contributed by atoms with Gasteiger partial charge in [0.25, 0.3) is 0 Å². The zero-order valence-electron chi connectivity index (χ0n) is 12.4. The van der Waals surface area contributed by atoms with Gasteiger partial charge < -0.3 is 15.5 Å². The monoisotopic (exact) mass is 347 g/mol. The molecular formula is C16H14ClN3O4. The lowest BCUT2D eigenvalue weighted by molar-refractivity contribution is -0.126. The van der Waals surface area contributed by atoms with E-state index in [1.807, 2.05) is 0 Å². The smallest absolute Gasteiger partial charge is 0.249 e. The normalized spacial score (nSPS) is 10.5. The maximum absolute atomic E-state index is 11.7. The maximum atomic E-state index is 11.7. The number of halogens is 1. The van der Waals surface area contributed by atoms with Gasteiger partial charge >= 0.3 is 0 Å². The van der Waals surface area contributed by atoms with Crippen LogP contribution in [0, 0.1) is 0 Å². The first-order valence-corrected chi connectivity index (χ1v) is 7.22. The number of nitrogens with zero attached hydrogens (tertiary/aromatic N) is 1. The number of hydrogen-bond donors (Lipinski definition) is 4. The van der Waals surface area contributed by atoms with Gasteiger partial charge in [0.2, 0.25) is 11.8 Å². The zero-order chi connectivity index (χ0) is 17.5. The first kappa shape index (κ1) is 17.3. The molecule has 8 heteroatoms. The molecule has 2 rings (SSSR count). The van der Waals surface area contributed by atoms with Gasteiger partial charge in [-0.15, -0.1) is 0 Å². The largest absolute Gasteiger partial charge is 0.508 e. The van der Waals surface area contributed by atoms with Crippen molar-refractivity contribution in [2.24, 2.45) is 5.10 Å². The number of anilines is 1. The molecule has 2 amide bonds. The van der Waals surface area contributed by atoms with E-state index in [1.165, 1.54) is 18.3 Å². The number of amides is 2. The molecule has 0 aliphatic rings. The van der Waals surface area contributed by atoms with Gasteiger partial charge in [-0.2, -0.15) is 5.10 Å². The van der Waals surface area contributed by atoms with Crippen molar-refractivity contribution < 1.29 is 19.8 Å². The van der Waals surface area contributed by atoms with E-state index < -0.39 is 18.2 Å². The summed E-state index contributed by atoms with van der Waals surface area (Å²) in [6, 6.07) is 10.6. The first-order valence-electron chi connectivity index (χ1n) is 6.84. The number of para-hydroxylation sites is 1. The van der Waals surface area contributed by atoms with Gasteiger partial charge in [0.05, 0.1) is 16.9 Å². The van der Waals surface area contributed by atoms with Gasteiger partial charge in [-0.1, -0.05) is 23.7 Å². The number of carbonyl (C=O) groups is 2. The molecule has 7 nitrogen and oxygen atoms in total. The second kappa shape index (κ2) is 7.98. The summed E-state index contributed by atoms with van der Waals surface area (Å²) in [7, 11) is 0. The van der Waals surface area contributed by atoms with Crippen LogP contribution in [0.5, 0.6) is 11.5 Å². The summed E-state index contributed by atoms with van der Waals surface area (Å²) in [6.07, 6.45) is 0.753. The SMILES string of the molecule is O=C(CC(=O)Nc1ccccc1Cl)NN=Cc1ccc(O)cc1O. The molecule has 0 heterocycles. The molecule has 0 spiro atoms. The molecule has 4 N–H and O–H groups in total. The minimum Gasteiger partial charge on any atom is -0.508 e. The number of aromatic hydroxyl groups is 2. The number of phenolic OH excluding ortho intramolecular Hbond substituents is 2. The van der Waals surface area contributed by atoms with E-state index in [4.69, 9.17) is 16.7 Å². The summed E-state index contributed by atoms with van der Waals surface area (Å²) < 4.78 is 0. The number of hydrazone groups is 1. The molecule has 0 atom stereocenters. The highest BCUT2D eigenvalue weighted by Crippen LogP contribution is 2.21. The van der Waals surface area contributed by atoms with Crippen molar-refractivity contribution in [3.8, 4) is 11.5 Å². The van der Waals surface area contributed by atoms with E-state index in [-0.39, 0.29) is 11.5 Å². The van der Waals surface area contributed by atoms with Crippen LogP contribution in [-0.4, -0.2) is 28.2 Å². The van der Waals surface area contributed by atoms with Crippen molar-refractivity contribution in [3.05, 3.63) is 53.1 Å². The maximum Gasteiger partial charge on any atom is 0.249 e. The van der Waals surface area contributed by atoms with Crippen molar-refractivity contribution in [1.82, 2.24) is 5.43 Å². The van der Waals surface area contributed by atoms with E-state index >= 15 is 0 Å². The number of benzene rings is 2. The van der Waals surface area contributed by atoms with Crippen LogP contribution in [0.2, 0.25) is 5.02 Å². The molecule has 0 aliphatic carbocycles. The Balaban J connectivity index is 1.85. The van der Waals surface area contributed by atoms with E-state index in [0.29, 0.717) is 16.3 Å². The van der Waals surface area contributed by atoms with Crippen LogP contribution in [0.3, 0.4) is 0 Å². The molecule has 24 heavy (non-hydrogen) atoms. The topological polar surface area (TPSA) is 111 Å². The third-order valence-corrected chi connectivity index (χ3v) is 3.21. The lowest BCUT2D eigenvalue weighted by Gasteiger charge is -2.06. The van der Waals surface area contributed by atoms with Gasteiger partial charge in [-0.3, -0.25) is 9.59 Å². The standard InChI is InChI=1S/C16H14ClN3O4/c17-12-3-1-2-4-13(12)19-15(23)8-16(24)20-18-9-10-5-6-11(21)7-14(10)22/h1-7,9,21-22H,8H2,(H,19,23)(H,20,24). The van der Waals surface area contributed by atoms with Gasteiger partial charge in [0.15, 0.2) is 0 Å². The van der Waals surface area contributed by atoms with Gasteiger partial charge in [0.1, 0.15) is 17.9 Å². The van der Waals surface area contributed by atoms with Gasteiger partial charge in [0, 0.05) is 11.6 Å². The molecule has 0 bridgehead atoms. The zero-order valence-corrected chi connectivity index (χ0v) is 13.1. The quantitative estimate of drug-likeness (QED) is 0.377. The first-order chi connectivity index (χ1) is 11.5. The summed E-state index contributed by atoms with van der Waals surface area (Å²) in [6.45, 7) is 0. The molecule has 0 radical (unpaired) electrons. The molecule has 2 aromatic rings. The second-order valence-corrected chi connectivity index (χ2v) is 5.15. The average molecular weight is 348 g/mol. The van der Waals surface area contributed by atoms with E-state index in [1.54, 1.807) is 24.3 Å². The number of hydrogen-bond acceptors (Lipinski definition) is 5. The summed E-state index contributed by atoms with van der Waals surface area (Å²) in [4.78, 5) is 23.4. The van der Waals surface area contributed by atoms with Crippen molar-refractivity contribution >= 4 is 35.3 Å². The summed E-state index contributed by atoms with van der Waals surface area (Å²) in [5, 5.41) is 25.2. The Morgan fingerprint density at radius 1 is 1.12 bits per heavy atom. The van der Waals surface area contributed by atoms with Crippen LogP contribution in [0.1, 0.15) is 12.0 Å². The minimum atomic E-state index is -0.630. The lowest BCUT2D eigenvalue weighted by atomic mass is 10.2. The molecule has 0 saturated heterocycles. The Hall–Kier alpha value is -3.06. The third-order valence-electron chi connectivity index (χ3n) is 2.88. The molecule has 0 fully saturated rings. The van der Waals surface area contributed by atoms with Crippen LogP contribution in [0.15, 0.2) is 47.6 Å². The molecule has 0 aromatic heterocycles. The number of carbonyl (C=O) groups excluding carboxylic acids is 2. The predicted octanol–water partition coefficient (Wildman–Crippen LogP) is 2.23. The highest BCUT2D eigenvalue weighted by Gasteiger charge is 2.10. The predicted molar refractivity (Wildman–Crippen MR) is 90.2 cm³/mol.